The summed E-state index contributed by atoms with van der Waals surface area (Å²) in [6.07, 6.45) is 5.76. The van der Waals surface area contributed by atoms with Crippen molar-refractivity contribution in [2.75, 3.05) is 13.1 Å². The monoisotopic (exact) mass is 417 g/mol. The Labute approximate surface area is 172 Å². The van der Waals surface area contributed by atoms with Crippen LogP contribution in [-0.4, -0.2) is 48.1 Å². The van der Waals surface area contributed by atoms with E-state index in [2.05, 4.69) is 9.97 Å². The van der Waals surface area contributed by atoms with Gasteiger partial charge < -0.3 is 9.64 Å². The number of aromatic nitrogens is 2. The maximum absolute atomic E-state index is 13.0. The van der Waals surface area contributed by atoms with E-state index in [9.17, 15) is 13.2 Å². The van der Waals surface area contributed by atoms with Crippen molar-refractivity contribution < 1.29 is 17.9 Å². The first-order chi connectivity index (χ1) is 13.7. The summed E-state index contributed by atoms with van der Waals surface area (Å²) in [5.41, 5.74) is 0.739. The predicted molar refractivity (Wildman–Crippen MR) is 109 cm³/mol. The third-order valence-electron chi connectivity index (χ3n) is 4.77. The molecule has 7 nitrogen and oxygen atoms in total. The zero-order valence-corrected chi connectivity index (χ0v) is 17.9. The fraction of sp³-hybridized carbons (Fsp3) is 0.476. The fourth-order valence-electron chi connectivity index (χ4n) is 3.41. The summed E-state index contributed by atoms with van der Waals surface area (Å²) in [7, 11) is -3.54. The van der Waals surface area contributed by atoms with Crippen molar-refractivity contribution >= 4 is 15.9 Å². The van der Waals surface area contributed by atoms with Crippen LogP contribution in [-0.2, 0) is 20.3 Å². The van der Waals surface area contributed by atoms with Crippen LogP contribution in [0.4, 0.5) is 4.79 Å². The number of sulfone groups is 1. The Morgan fingerprint density at radius 1 is 1.14 bits per heavy atom. The number of hydrogen-bond acceptors (Lipinski definition) is 6. The van der Waals surface area contributed by atoms with Crippen LogP contribution < -0.4 is 0 Å². The average Bonchev–Trinajstić information content (AvgIpc) is 2.67. The molecule has 0 radical (unpaired) electrons. The topological polar surface area (TPSA) is 89.5 Å². The Kier molecular flexibility index (Phi) is 6.21. The van der Waals surface area contributed by atoms with Crippen molar-refractivity contribution in [2.45, 2.75) is 55.8 Å². The highest BCUT2D eigenvalue weighted by atomic mass is 32.2. The zero-order chi connectivity index (χ0) is 21.1. The number of ether oxygens (including phenoxy) is 1. The summed E-state index contributed by atoms with van der Waals surface area (Å²) < 4.78 is 31.5. The lowest BCUT2D eigenvalue weighted by molar-refractivity contribution is 0.0203. The Bertz CT molecular complexity index is 947. The molecule has 3 rings (SSSR count). The van der Waals surface area contributed by atoms with Gasteiger partial charge in [0, 0.05) is 37.6 Å². The fourth-order valence-corrected chi connectivity index (χ4v) is 5.02. The lowest BCUT2D eigenvalue weighted by Gasteiger charge is -2.33. The molecule has 2 aromatic heterocycles. The van der Waals surface area contributed by atoms with E-state index in [1.807, 2.05) is 20.8 Å². The first-order valence-electron chi connectivity index (χ1n) is 9.70. The second kappa shape index (κ2) is 8.49. The molecule has 1 aliphatic heterocycles. The highest BCUT2D eigenvalue weighted by molar-refractivity contribution is 7.90. The molecule has 0 unspecified atom stereocenters. The first kappa shape index (κ1) is 21.2. The lowest BCUT2D eigenvalue weighted by atomic mass is 9.93. The number of carbonyl (C=O) groups is 1. The third kappa shape index (κ3) is 5.53. The third-order valence-corrected chi connectivity index (χ3v) is 6.50. The van der Waals surface area contributed by atoms with Gasteiger partial charge in [0.25, 0.3) is 0 Å². The van der Waals surface area contributed by atoms with Gasteiger partial charge in [-0.15, -0.1) is 0 Å². The maximum atomic E-state index is 13.0. The van der Waals surface area contributed by atoms with E-state index in [0.29, 0.717) is 37.2 Å². The van der Waals surface area contributed by atoms with Crippen molar-refractivity contribution in [3.8, 4) is 0 Å². The van der Waals surface area contributed by atoms with E-state index >= 15 is 0 Å². The number of carbonyl (C=O) groups excluding carboxylic acids is 1. The second-order valence-electron chi connectivity index (χ2n) is 8.24. The van der Waals surface area contributed by atoms with Crippen molar-refractivity contribution in [1.29, 1.82) is 0 Å². The molecule has 0 spiro atoms. The zero-order valence-electron chi connectivity index (χ0n) is 17.0. The molecule has 29 heavy (non-hydrogen) atoms. The molecule has 1 saturated heterocycles. The number of rotatable bonds is 4. The molecular formula is C21H27N3O4S. The van der Waals surface area contributed by atoms with Crippen LogP contribution in [0.5, 0.6) is 0 Å². The van der Waals surface area contributed by atoms with Crippen LogP contribution in [0.15, 0.2) is 47.8 Å². The number of pyridine rings is 2. The van der Waals surface area contributed by atoms with Gasteiger partial charge in [0.2, 0.25) is 0 Å². The second-order valence-corrected chi connectivity index (χ2v) is 10.2. The molecule has 0 aliphatic carbocycles. The largest absolute Gasteiger partial charge is 0.444 e. The number of hydrogen-bond donors (Lipinski definition) is 0. The maximum Gasteiger partial charge on any atom is 0.410 e. The van der Waals surface area contributed by atoms with Gasteiger partial charge in [-0.05, 0) is 63.4 Å². The van der Waals surface area contributed by atoms with Crippen LogP contribution in [0.1, 0.15) is 50.8 Å². The predicted octanol–water partition coefficient (Wildman–Crippen LogP) is 3.57. The summed E-state index contributed by atoms with van der Waals surface area (Å²) in [6.45, 7) is 6.54. The molecular weight excluding hydrogens is 390 g/mol. The Balaban J connectivity index is 1.74. The standard InChI is InChI=1S/C21H27N3O4S/c1-21(2,3)28-20(25)24-13-8-17(9-14-24)19-18(5-4-10-23-19)29(26,27)15-16-6-11-22-12-7-16/h4-7,10-12,17H,8-9,13-15H2,1-3H3. The lowest BCUT2D eigenvalue weighted by Crippen LogP contribution is -2.41. The molecule has 1 amide bonds. The van der Waals surface area contributed by atoms with Crippen LogP contribution in [0.25, 0.3) is 0 Å². The molecule has 2 aromatic rings. The minimum absolute atomic E-state index is 0.0166. The number of likely N-dealkylation sites (tertiary alicyclic amines) is 1. The van der Waals surface area contributed by atoms with Gasteiger partial charge in [-0.1, -0.05) is 0 Å². The van der Waals surface area contributed by atoms with Gasteiger partial charge in [-0.2, -0.15) is 0 Å². The molecule has 0 aromatic carbocycles. The molecule has 0 bridgehead atoms. The Morgan fingerprint density at radius 3 is 2.41 bits per heavy atom. The van der Waals surface area contributed by atoms with Gasteiger partial charge in [0.15, 0.2) is 9.84 Å². The van der Waals surface area contributed by atoms with E-state index in [1.165, 1.54) is 0 Å². The number of amides is 1. The molecule has 0 saturated carbocycles. The highest BCUT2D eigenvalue weighted by Crippen LogP contribution is 2.32. The van der Waals surface area contributed by atoms with Crippen LogP contribution in [0.2, 0.25) is 0 Å². The Morgan fingerprint density at radius 2 is 1.79 bits per heavy atom. The van der Waals surface area contributed by atoms with E-state index in [0.717, 1.165) is 0 Å². The van der Waals surface area contributed by atoms with E-state index in [4.69, 9.17) is 4.74 Å². The molecule has 1 aliphatic rings. The summed E-state index contributed by atoms with van der Waals surface area (Å²) in [4.78, 5) is 22.6. The molecule has 8 heteroatoms. The van der Waals surface area contributed by atoms with Gasteiger partial charge in [0.1, 0.15) is 5.60 Å². The van der Waals surface area contributed by atoms with E-state index < -0.39 is 15.4 Å². The van der Waals surface area contributed by atoms with Crippen LogP contribution in [0.3, 0.4) is 0 Å². The van der Waals surface area contributed by atoms with Gasteiger partial charge in [-0.25, -0.2) is 13.2 Å². The van der Waals surface area contributed by atoms with E-state index in [-0.39, 0.29) is 22.7 Å². The summed E-state index contributed by atoms with van der Waals surface area (Å²) in [5.74, 6) is -0.109. The average molecular weight is 418 g/mol. The van der Waals surface area contributed by atoms with Crippen molar-refractivity contribution in [3.63, 3.8) is 0 Å². The van der Waals surface area contributed by atoms with Crippen molar-refractivity contribution in [1.82, 2.24) is 14.9 Å². The number of nitrogens with zero attached hydrogens (tertiary/aromatic N) is 3. The van der Waals surface area contributed by atoms with E-state index in [1.54, 1.807) is 47.8 Å². The number of piperidine rings is 1. The summed E-state index contributed by atoms with van der Waals surface area (Å²) >= 11 is 0. The van der Waals surface area contributed by atoms with Gasteiger partial charge in [-0.3, -0.25) is 9.97 Å². The van der Waals surface area contributed by atoms with Gasteiger partial charge >= 0.3 is 6.09 Å². The minimum Gasteiger partial charge on any atom is -0.444 e. The summed E-state index contributed by atoms with van der Waals surface area (Å²) in [5, 5.41) is 0. The Hall–Kier alpha value is -2.48. The van der Waals surface area contributed by atoms with Crippen molar-refractivity contribution in [3.05, 3.63) is 54.1 Å². The van der Waals surface area contributed by atoms with Gasteiger partial charge in [0.05, 0.1) is 16.3 Å². The summed E-state index contributed by atoms with van der Waals surface area (Å²) in [6, 6.07) is 6.68. The van der Waals surface area contributed by atoms with Crippen LogP contribution >= 0.6 is 0 Å². The van der Waals surface area contributed by atoms with Crippen molar-refractivity contribution in [2.24, 2.45) is 0 Å². The molecule has 1 fully saturated rings. The quantitative estimate of drug-likeness (QED) is 0.756. The highest BCUT2D eigenvalue weighted by Gasteiger charge is 2.31. The first-order valence-corrected chi connectivity index (χ1v) is 11.4. The SMILES string of the molecule is CC(C)(C)OC(=O)N1CCC(c2ncccc2S(=O)(=O)Cc2ccncc2)CC1. The smallest absolute Gasteiger partial charge is 0.410 e. The normalized spacial score (nSPS) is 15.9. The minimum atomic E-state index is -3.54. The molecule has 0 atom stereocenters. The molecule has 3 heterocycles. The van der Waals surface area contributed by atoms with Crippen LogP contribution in [0, 0.1) is 0 Å². The molecule has 156 valence electrons. The molecule has 0 N–H and O–H groups in total.